The van der Waals surface area contributed by atoms with Gasteiger partial charge in [0.2, 0.25) is 0 Å². The van der Waals surface area contributed by atoms with E-state index in [1.165, 1.54) is 11.1 Å². The zero-order chi connectivity index (χ0) is 25.3. The second kappa shape index (κ2) is 12.5. The molecule has 1 atom stereocenters. The van der Waals surface area contributed by atoms with Crippen molar-refractivity contribution in [3.05, 3.63) is 101 Å². The zero-order valence-corrected chi connectivity index (χ0v) is 21.3. The van der Waals surface area contributed by atoms with Gasteiger partial charge in [-0.1, -0.05) is 74.5 Å². The highest BCUT2D eigenvalue weighted by Gasteiger charge is 2.25. The number of carbonyl (C=O) groups excluding carboxylic acids is 2. The molecule has 1 heterocycles. The summed E-state index contributed by atoms with van der Waals surface area (Å²) in [6.07, 6.45) is 2.68. The van der Waals surface area contributed by atoms with Gasteiger partial charge in [0.25, 0.3) is 5.91 Å². The number of nitrogens with zero attached hydrogens (tertiary/aromatic N) is 1. The van der Waals surface area contributed by atoms with Crippen molar-refractivity contribution in [2.75, 3.05) is 13.1 Å². The van der Waals surface area contributed by atoms with Crippen LogP contribution in [0.1, 0.15) is 53.7 Å². The van der Waals surface area contributed by atoms with Crippen LogP contribution in [0.2, 0.25) is 0 Å². The van der Waals surface area contributed by atoms with Crippen LogP contribution in [0, 0.1) is 5.92 Å². The van der Waals surface area contributed by atoms with Gasteiger partial charge in [-0.3, -0.25) is 14.5 Å². The van der Waals surface area contributed by atoms with Crippen LogP contribution >= 0.6 is 0 Å². The van der Waals surface area contributed by atoms with Crippen molar-refractivity contribution in [2.24, 2.45) is 5.92 Å². The topological polar surface area (TPSA) is 58.6 Å². The number of fused-ring (bicyclic) bond motifs is 1. The molecule has 1 aliphatic rings. The molecule has 1 N–H and O–H groups in total. The van der Waals surface area contributed by atoms with Crippen molar-refractivity contribution in [1.29, 1.82) is 0 Å². The van der Waals surface area contributed by atoms with Crippen LogP contribution in [-0.4, -0.2) is 35.7 Å². The molecule has 1 amide bonds. The molecule has 0 radical (unpaired) electrons. The molecule has 0 unspecified atom stereocenters. The fourth-order valence-corrected chi connectivity index (χ4v) is 4.69. The first-order chi connectivity index (χ1) is 17.5. The van der Waals surface area contributed by atoms with Gasteiger partial charge in [0.15, 0.2) is 5.78 Å². The first-order valence-corrected chi connectivity index (χ1v) is 12.9. The number of amides is 1. The van der Waals surface area contributed by atoms with Crippen molar-refractivity contribution in [2.45, 2.75) is 52.3 Å². The number of carbonyl (C=O) groups is 2. The van der Waals surface area contributed by atoms with Crippen molar-refractivity contribution < 1.29 is 14.3 Å². The number of rotatable bonds is 10. The van der Waals surface area contributed by atoms with E-state index in [1.54, 1.807) is 12.1 Å². The van der Waals surface area contributed by atoms with Gasteiger partial charge >= 0.3 is 0 Å². The lowest BCUT2D eigenvalue weighted by atomic mass is 9.99. The Morgan fingerprint density at radius 1 is 0.944 bits per heavy atom. The fraction of sp³-hybridized carbons (Fsp3) is 0.355. The Morgan fingerprint density at radius 3 is 2.47 bits per heavy atom. The van der Waals surface area contributed by atoms with E-state index in [2.05, 4.69) is 48.3 Å². The molecule has 188 valence electrons. The number of benzene rings is 3. The molecule has 4 rings (SSSR count). The maximum Gasteiger partial charge on any atom is 0.251 e. The Bertz CT molecular complexity index is 1160. The minimum Gasteiger partial charge on any atom is -0.489 e. The van der Waals surface area contributed by atoms with Crippen LogP contribution < -0.4 is 10.1 Å². The largest absolute Gasteiger partial charge is 0.489 e. The third-order valence-electron chi connectivity index (χ3n) is 6.56. The molecule has 0 bridgehead atoms. The Morgan fingerprint density at radius 2 is 1.69 bits per heavy atom. The van der Waals surface area contributed by atoms with Crippen LogP contribution in [0.15, 0.2) is 78.9 Å². The lowest BCUT2D eigenvalue weighted by Gasteiger charge is -2.25. The molecule has 36 heavy (non-hydrogen) atoms. The molecule has 5 heteroatoms. The standard InChI is InChI=1S/C31H36N2O3/c1-23(2)18-29(30(34)21-33-17-9-15-25-12-6-7-13-27(25)20-33)32-31(35)26-14-8-16-28(19-26)36-22-24-10-4-3-5-11-24/h3-8,10-14,16,19,23,29H,9,15,17-18,20-22H2,1-2H3,(H,32,35)/t29-/m0/s1. The summed E-state index contributed by atoms with van der Waals surface area (Å²) in [6, 6.07) is 25.0. The van der Waals surface area contributed by atoms with E-state index < -0.39 is 6.04 Å². The third kappa shape index (κ3) is 7.28. The number of ether oxygens (including phenoxy) is 1. The normalized spacial score (nSPS) is 14.5. The number of nitrogens with one attached hydrogen (secondary N) is 1. The highest BCUT2D eigenvalue weighted by molar-refractivity contribution is 5.98. The summed E-state index contributed by atoms with van der Waals surface area (Å²) in [4.78, 5) is 28.7. The van der Waals surface area contributed by atoms with E-state index in [0.29, 0.717) is 30.9 Å². The van der Waals surface area contributed by atoms with Gasteiger partial charge in [0, 0.05) is 12.1 Å². The molecule has 5 nitrogen and oxygen atoms in total. The van der Waals surface area contributed by atoms with Crippen LogP contribution in [0.25, 0.3) is 0 Å². The third-order valence-corrected chi connectivity index (χ3v) is 6.56. The molecule has 0 saturated heterocycles. The van der Waals surface area contributed by atoms with Gasteiger partial charge in [0.1, 0.15) is 12.4 Å². The minimum absolute atomic E-state index is 0.0629. The van der Waals surface area contributed by atoms with E-state index in [1.807, 2.05) is 42.5 Å². The molecule has 3 aromatic carbocycles. The highest BCUT2D eigenvalue weighted by atomic mass is 16.5. The van der Waals surface area contributed by atoms with Crippen LogP contribution in [0.4, 0.5) is 0 Å². The number of hydrogen-bond donors (Lipinski definition) is 1. The first kappa shape index (κ1) is 25.6. The second-order valence-electron chi connectivity index (χ2n) is 10.0. The lowest BCUT2D eigenvalue weighted by Crippen LogP contribution is -2.46. The monoisotopic (exact) mass is 484 g/mol. The molecular weight excluding hydrogens is 448 g/mol. The quantitative estimate of drug-likeness (QED) is 0.417. The number of hydrogen-bond acceptors (Lipinski definition) is 4. The molecule has 0 fully saturated rings. The molecule has 0 aromatic heterocycles. The summed E-state index contributed by atoms with van der Waals surface area (Å²) in [5, 5.41) is 3.02. The molecule has 1 aliphatic heterocycles. The Hall–Kier alpha value is -3.44. The summed E-state index contributed by atoms with van der Waals surface area (Å²) in [5.41, 5.74) is 4.21. The summed E-state index contributed by atoms with van der Waals surface area (Å²) in [7, 11) is 0. The van der Waals surface area contributed by atoms with Crippen molar-refractivity contribution in [1.82, 2.24) is 10.2 Å². The Balaban J connectivity index is 1.39. The van der Waals surface area contributed by atoms with Gasteiger partial charge in [-0.25, -0.2) is 0 Å². The van der Waals surface area contributed by atoms with Gasteiger partial charge in [-0.05, 0) is 66.6 Å². The summed E-state index contributed by atoms with van der Waals surface area (Å²) < 4.78 is 5.89. The van der Waals surface area contributed by atoms with E-state index in [4.69, 9.17) is 4.74 Å². The van der Waals surface area contributed by atoms with Crippen LogP contribution in [0.5, 0.6) is 5.75 Å². The maximum absolute atomic E-state index is 13.4. The van der Waals surface area contributed by atoms with E-state index in [0.717, 1.165) is 31.5 Å². The van der Waals surface area contributed by atoms with E-state index >= 15 is 0 Å². The molecule has 0 spiro atoms. The Kier molecular flexibility index (Phi) is 8.90. The fourth-order valence-electron chi connectivity index (χ4n) is 4.69. The van der Waals surface area contributed by atoms with Gasteiger partial charge in [0.05, 0.1) is 12.6 Å². The first-order valence-electron chi connectivity index (χ1n) is 12.9. The van der Waals surface area contributed by atoms with Gasteiger partial charge in [-0.15, -0.1) is 0 Å². The number of Topliss-reactive ketones (excluding diaryl/α,β-unsaturated/α-hetero) is 1. The van der Waals surface area contributed by atoms with Crippen molar-refractivity contribution in [3.8, 4) is 5.75 Å². The van der Waals surface area contributed by atoms with Gasteiger partial charge < -0.3 is 10.1 Å². The SMILES string of the molecule is CC(C)C[C@H](NC(=O)c1cccc(OCc2ccccc2)c1)C(=O)CN1CCCc2ccccc2C1. The summed E-state index contributed by atoms with van der Waals surface area (Å²) in [6.45, 7) is 6.57. The number of ketones is 1. The van der Waals surface area contributed by atoms with E-state index in [-0.39, 0.29) is 17.6 Å². The van der Waals surface area contributed by atoms with Crippen LogP contribution in [0.3, 0.4) is 0 Å². The smallest absolute Gasteiger partial charge is 0.251 e. The lowest BCUT2D eigenvalue weighted by molar-refractivity contribution is -0.122. The Labute approximate surface area is 214 Å². The maximum atomic E-state index is 13.4. The highest BCUT2D eigenvalue weighted by Crippen LogP contribution is 2.20. The zero-order valence-electron chi connectivity index (χ0n) is 21.3. The van der Waals surface area contributed by atoms with E-state index in [9.17, 15) is 9.59 Å². The predicted octanol–water partition coefficient (Wildman–Crippen LogP) is 5.43. The molecule has 0 saturated carbocycles. The summed E-state index contributed by atoms with van der Waals surface area (Å²) >= 11 is 0. The second-order valence-corrected chi connectivity index (χ2v) is 10.0. The van der Waals surface area contributed by atoms with Crippen molar-refractivity contribution in [3.63, 3.8) is 0 Å². The predicted molar refractivity (Wildman–Crippen MR) is 143 cm³/mol. The average molecular weight is 485 g/mol. The molecular formula is C31H36N2O3. The minimum atomic E-state index is -0.523. The molecule has 0 aliphatic carbocycles. The van der Waals surface area contributed by atoms with Crippen LogP contribution in [-0.2, 0) is 24.4 Å². The summed E-state index contributed by atoms with van der Waals surface area (Å²) in [5.74, 6) is 0.722. The molecule has 3 aromatic rings. The van der Waals surface area contributed by atoms with Crippen molar-refractivity contribution >= 4 is 11.7 Å². The number of aryl methyl sites for hydroxylation is 1. The van der Waals surface area contributed by atoms with Gasteiger partial charge in [-0.2, -0.15) is 0 Å². The average Bonchev–Trinajstić information content (AvgIpc) is 3.09.